The van der Waals surface area contributed by atoms with Crippen molar-refractivity contribution in [3.8, 4) is 0 Å². The molecule has 0 radical (unpaired) electrons. The molecule has 5 heteroatoms. The highest BCUT2D eigenvalue weighted by Crippen LogP contribution is 2.35. The van der Waals surface area contributed by atoms with Crippen molar-refractivity contribution in [1.29, 1.82) is 0 Å². The van der Waals surface area contributed by atoms with Gasteiger partial charge < -0.3 is 10.6 Å². The molecule has 1 aromatic carbocycles. The van der Waals surface area contributed by atoms with Crippen molar-refractivity contribution in [2.24, 2.45) is 10.9 Å². The van der Waals surface area contributed by atoms with Crippen LogP contribution in [0.5, 0.6) is 0 Å². The standard InChI is InChI=1S/C19H24BrN3O/c1-11(2)9-14-15-16(12-5-7-13(20)8-6-12)22-18(24)17(15)23-19(3,4)10-21-14/h5-8,11,16,21H,9-10H2,1-4H3,(H,22,24). The second-order valence-corrected chi connectivity index (χ2v) is 8.49. The fraction of sp³-hybridized carbons (Fsp3) is 0.474. The highest BCUT2D eigenvalue weighted by Gasteiger charge is 2.40. The summed E-state index contributed by atoms with van der Waals surface area (Å²) >= 11 is 3.47. The molecule has 24 heavy (non-hydrogen) atoms. The van der Waals surface area contributed by atoms with Crippen LogP contribution in [0, 0.1) is 5.92 Å². The Balaban J connectivity index is 2.12. The summed E-state index contributed by atoms with van der Waals surface area (Å²) in [6.07, 6.45) is 0.909. The maximum Gasteiger partial charge on any atom is 0.270 e. The van der Waals surface area contributed by atoms with E-state index in [1.54, 1.807) is 0 Å². The SMILES string of the molecule is CC(C)CC1=C2C(=NC(C)(C)CN1)C(=O)NC2c1ccc(Br)cc1. The van der Waals surface area contributed by atoms with Gasteiger partial charge in [0, 0.05) is 22.3 Å². The van der Waals surface area contributed by atoms with Gasteiger partial charge in [0.25, 0.3) is 5.91 Å². The molecule has 0 saturated carbocycles. The first-order chi connectivity index (χ1) is 11.3. The molecule has 1 fully saturated rings. The molecule has 1 atom stereocenters. The van der Waals surface area contributed by atoms with Gasteiger partial charge in [-0.2, -0.15) is 0 Å². The average Bonchev–Trinajstić information content (AvgIpc) is 2.73. The van der Waals surface area contributed by atoms with Gasteiger partial charge in [-0.1, -0.05) is 41.9 Å². The van der Waals surface area contributed by atoms with Gasteiger partial charge >= 0.3 is 0 Å². The Hall–Kier alpha value is -1.62. The lowest BCUT2D eigenvalue weighted by Crippen LogP contribution is -2.33. The number of amides is 1. The molecular formula is C19H24BrN3O. The Kier molecular flexibility index (Phi) is 4.56. The maximum atomic E-state index is 12.6. The van der Waals surface area contributed by atoms with Crippen molar-refractivity contribution < 1.29 is 4.79 Å². The van der Waals surface area contributed by atoms with Gasteiger partial charge in [-0.15, -0.1) is 0 Å². The number of carbonyl (C=O) groups excluding carboxylic acids is 1. The van der Waals surface area contributed by atoms with Gasteiger partial charge in [0.1, 0.15) is 5.71 Å². The van der Waals surface area contributed by atoms with Gasteiger partial charge in [0.15, 0.2) is 0 Å². The summed E-state index contributed by atoms with van der Waals surface area (Å²) in [5.74, 6) is 0.430. The fourth-order valence-corrected chi connectivity index (χ4v) is 3.48. The normalized spacial score (nSPS) is 22.7. The van der Waals surface area contributed by atoms with E-state index in [0.29, 0.717) is 11.6 Å². The van der Waals surface area contributed by atoms with Crippen LogP contribution in [0.2, 0.25) is 0 Å². The minimum Gasteiger partial charge on any atom is -0.386 e. The van der Waals surface area contributed by atoms with Crippen molar-refractivity contribution >= 4 is 27.5 Å². The number of nitrogens with one attached hydrogen (secondary N) is 2. The van der Waals surface area contributed by atoms with Crippen LogP contribution in [0.3, 0.4) is 0 Å². The molecule has 2 aliphatic rings. The molecule has 1 unspecified atom stereocenters. The van der Waals surface area contributed by atoms with E-state index in [0.717, 1.165) is 34.3 Å². The number of allylic oxidation sites excluding steroid dienone is 1. The number of nitrogens with zero attached hydrogens (tertiary/aromatic N) is 1. The zero-order chi connectivity index (χ0) is 17.5. The summed E-state index contributed by atoms with van der Waals surface area (Å²) in [4.78, 5) is 17.4. The Bertz CT molecular complexity index is 717. The van der Waals surface area contributed by atoms with Gasteiger partial charge in [0.05, 0.1) is 11.6 Å². The van der Waals surface area contributed by atoms with Crippen LogP contribution in [0.15, 0.2) is 45.0 Å². The average molecular weight is 390 g/mol. The molecule has 0 bridgehead atoms. The second kappa shape index (κ2) is 6.36. The van der Waals surface area contributed by atoms with E-state index in [2.05, 4.69) is 54.3 Å². The van der Waals surface area contributed by atoms with E-state index < -0.39 is 0 Å². The summed E-state index contributed by atoms with van der Waals surface area (Å²) in [7, 11) is 0. The zero-order valence-electron chi connectivity index (χ0n) is 14.6. The third-order valence-electron chi connectivity index (χ3n) is 4.32. The predicted molar refractivity (Wildman–Crippen MR) is 101 cm³/mol. The summed E-state index contributed by atoms with van der Waals surface area (Å²) in [5.41, 5.74) is 3.52. The van der Waals surface area contributed by atoms with E-state index in [1.165, 1.54) is 0 Å². The quantitative estimate of drug-likeness (QED) is 0.826. The zero-order valence-corrected chi connectivity index (χ0v) is 16.2. The van der Waals surface area contributed by atoms with Gasteiger partial charge in [0.2, 0.25) is 0 Å². The van der Waals surface area contributed by atoms with Crippen molar-refractivity contribution in [2.45, 2.75) is 45.7 Å². The minimum absolute atomic E-state index is 0.0732. The number of hydrogen-bond donors (Lipinski definition) is 2. The molecule has 0 spiro atoms. The van der Waals surface area contributed by atoms with Gasteiger partial charge in [-0.05, 0) is 43.9 Å². The fourth-order valence-electron chi connectivity index (χ4n) is 3.21. The number of rotatable bonds is 3. The molecule has 2 heterocycles. The Morgan fingerprint density at radius 3 is 2.58 bits per heavy atom. The Labute approximate surface area is 151 Å². The first kappa shape index (κ1) is 17.2. The molecule has 128 valence electrons. The molecule has 1 aromatic rings. The van der Waals surface area contributed by atoms with Crippen LogP contribution in [0.25, 0.3) is 0 Å². The first-order valence-electron chi connectivity index (χ1n) is 8.40. The summed E-state index contributed by atoms with van der Waals surface area (Å²) in [5, 5.41) is 6.69. The highest BCUT2D eigenvalue weighted by atomic mass is 79.9. The van der Waals surface area contributed by atoms with Crippen LogP contribution in [-0.2, 0) is 4.79 Å². The topological polar surface area (TPSA) is 53.5 Å². The predicted octanol–water partition coefficient (Wildman–Crippen LogP) is 3.74. The van der Waals surface area contributed by atoms with E-state index in [9.17, 15) is 4.79 Å². The molecule has 2 N–H and O–H groups in total. The van der Waals surface area contributed by atoms with Crippen molar-refractivity contribution in [3.63, 3.8) is 0 Å². The van der Waals surface area contributed by atoms with Crippen molar-refractivity contribution in [1.82, 2.24) is 10.6 Å². The van der Waals surface area contributed by atoms with Crippen LogP contribution >= 0.6 is 15.9 Å². The van der Waals surface area contributed by atoms with Crippen LogP contribution < -0.4 is 10.6 Å². The van der Waals surface area contributed by atoms with Gasteiger partial charge in [-0.25, -0.2) is 0 Å². The summed E-state index contributed by atoms with van der Waals surface area (Å²) in [6.45, 7) is 9.25. The number of fused-ring (bicyclic) bond motifs is 1. The second-order valence-electron chi connectivity index (χ2n) is 7.57. The maximum absolute atomic E-state index is 12.6. The smallest absolute Gasteiger partial charge is 0.270 e. The van der Waals surface area contributed by atoms with Crippen LogP contribution in [0.4, 0.5) is 0 Å². The third-order valence-corrected chi connectivity index (χ3v) is 4.85. The Morgan fingerprint density at radius 2 is 1.96 bits per heavy atom. The molecule has 1 amide bonds. The van der Waals surface area contributed by atoms with E-state index in [1.807, 2.05) is 24.3 Å². The van der Waals surface area contributed by atoms with Gasteiger partial charge in [-0.3, -0.25) is 9.79 Å². The molecule has 3 rings (SSSR count). The molecule has 0 aliphatic carbocycles. The lowest BCUT2D eigenvalue weighted by Gasteiger charge is -2.22. The number of halogens is 1. The third kappa shape index (κ3) is 3.41. The molecule has 0 aromatic heterocycles. The monoisotopic (exact) mass is 389 g/mol. The Morgan fingerprint density at radius 1 is 1.29 bits per heavy atom. The first-order valence-corrected chi connectivity index (χ1v) is 9.19. The van der Waals surface area contributed by atoms with E-state index in [-0.39, 0.29) is 17.5 Å². The molecule has 4 nitrogen and oxygen atoms in total. The lowest BCUT2D eigenvalue weighted by atomic mass is 9.94. The molecule has 2 aliphatic heterocycles. The molecular weight excluding hydrogens is 366 g/mol. The number of benzene rings is 1. The van der Waals surface area contributed by atoms with Crippen molar-refractivity contribution in [2.75, 3.05) is 6.54 Å². The highest BCUT2D eigenvalue weighted by molar-refractivity contribution is 9.10. The minimum atomic E-state index is -0.300. The molecule has 1 saturated heterocycles. The number of carbonyl (C=O) groups is 1. The van der Waals surface area contributed by atoms with Crippen LogP contribution in [0.1, 0.15) is 45.7 Å². The lowest BCUT2D eigenvalue weighted by molar-refractivity contribution is -0.114. The summed E-state index contributed by atoms with van der Waals surface area (Å²) in [6, 6.07) is 7.97. The van der Waals surface area contributed by atoms with E-state index in [4.69, 9.17) is 4.99 Å². The number of hydrogen-bond acceptors (Lipinski definition) is 3. The van der Waals surface area contributed by atoms with E-state index >= 15 is 0 Å². The van der Waals surface area contributed by atoms with Crippen molar-refractivity contribution in [3.05, 3.63) is 45.6 Å². The number of aliphatic imine (C=N–C) groups is 1. The van der Waals surface area contributed by atoms with Crippen LogP contribution in [-0.4, -0.2) is 23.7 Å². The largest absolute Gasteiger partial charge is 0.386 e. The summed E-state index contributed by atoms with van der Waals surface area (Å²) < 4.78 is 1.03.